The molecule has 0 fully saturated rings. The van der Waals surface area contributed by atoms with E-state index in [1.165, 1.54) is 12.0 Å². The van der Waals surface area contributed by atoms with Gasteiger partial charge in [0.05, 0.1) is 0 Å². The summed E-state index contributed by atoms with van der Waals surface area (Å²) in [4.78, 5) is 35.2. The Morgan fingerprint density at radius 1 is 1.35 bits per heavy atom. The number of hydrogen-bond acceptors (Lipinski definition) is 4. The molecule has 0 aromatic heterocycles. The highest BCUT2D eigenvalue weighted by molar-refractivity contribution is 5.86. The number of primary amides is 1. The molecule has 0 bridgehead atoms. The number of carbonyl (C=O) groups is 3. The van der Waals surface area contributed by atoms with Gasteiger partial charge in [-0.05, 0) is 26.7 Å². The number of hydrogen-bond donors (Lipinski definition) is 3. The van der Waals surface area contributed by atoms with Gasteiger partial charge >= 0.3 is 12.0 Å². The van der Waals surface area contributed by atoms with Crippen LogP contribution in [-0.2, 0) is 14.3 Å². The Balaban J connectivity index is 4.61. The van der Waals surface area contributed by atoms with Crippen molar-refractivity contribution in [2.24, 2.45) is 5.73 Å². The van der Waals surface area contributed by atoms with Crippen molar-refractivity contribution < 1.29 is 24.2 Å². The number of carboxylic acid groups (broad SMARTS) is 1. The number of urea groups is 1. The molecule has 0 aromatic carbocycles. The highest BCUT2D eigenvalue weighted by atomic mass is 16.5. The molecule has 0 radical (unpaired) electrons. The van der Waals surface area contributed by atoms with Gasteiger partial charge in [-0.25, -0.2) is 9.59 Å². The van der Waals surface area contributed by atoms with E-state index < -0.39 is 23.9 Å². The van der Waals surface area contributed by atoms with E-state index in [1.54, 1.807) is 13.8 Å². The average Bonchev–Trinajstić information content (AvgIpc) is 2.33. The lowest BCUT2D eigenvalue weighted by atomic mass is 10.1. The van der Waals surface area contributed by atoms with Gasteiger partial charge in [0, 0.05) is 19.8 Å². The van der Waals surface area contributed by atoms with Crippen molar-refractivity contribution in [1.29, 1.82) is 0 Å². The minimum Gasteiger partial charge on any atom is -0.480 e. The standard InChI is InChI=1S/C12H23N3O5/c1-8(2)15(7-10(13)16)12(19)14-9(11(17)18)5-4-6-20-3/h8-9H,4-7H2,1-3H3,(H2,13,16)(H,14,19)(H,17,18). The molecular formula is C12H23N3O5. The monoisotopic (exact) mass is 289 g/mol. The van der Waals surface area contributed by atoms with Gasteiger partial charge in [-0.3, -0.25) is 4.79 Å². The average molecular weight is 289 g/mol. The molecule has 116 valence electrons. The quantitative estimate of drug-likeness (QED) is 0.506. The van der Waals surface area contributed by atoms with Crippen molar-refractivity contribution in [3.8, 4) is 0 Å². The second kappa shape index (κ2) is 9.13. The molecule has 0 spiro atoms. The first-order valence-electron chi connectivity index (χ1n) is 6.36. The van der Waals surface area contributed by atoms with E-state index in [9.17, 15) is 14.4 Å². The molecule has 1 atom stereocenters. The molecule has 0 aliphatic heterocycles. The van der Waals surface area contributed by atoms with Crippen molar-refractivity contribution in [2.45, 2.75) is 38.8 Å². The van der Waals surface area contributed by atoms with Crippen LogP contribution in [0, 0.1) is 0 Å². The molecule has 0 aliphatic rings. The lowest BCUT2D eigenvalue weighted by Crippen LogP contribution is -2.52. The van der Waals surface area contributed by atoms with E-state index in [4.69, 9.17) is 15.6 Å². The summed E-state index contributed by atoms with van der Waals surface area (Å²) in [5.74, 6) is -1.78. The fourth-order valence-corrected chi connectivity index (χ4v) is 1.58. The Morgan fingerprint density at radius 2 is 1.95 bits per heavy atom. The molecule has 0 saturated heterocycles. The van der Waals surface area contributed by atoms with E-state index in [2.05, 4.69) is 5.32 Å². The van der Waals surface area contributed by atoms with Gasteiger partial charge in [-0.15, -0.1) is 0 Å². The smallest absolute Gasteiger partial charge is 0.326 e. The zero-order chi connectivity index (χ0) is 15.7. The van der Waals surface area contributed by atoms with Crippen molar-refractivity contribution in [3.63, 3.8) is 0 Å². The third-order valence-corrected chi connectivity index (χ3v) is 2.65. The van der Waals surface area contributed by atoms with Gasteiger partial charge in [0.2, 0.25) is 5.91 Å². The normalized spacial score (nSPS) is 12.0. The summed E-state index contributed by atoms with van der Waals surface area (Å²) in [6, 6.07) is -1.91. The first-order valence-corrected chi connectivity index (χ1v) is 6.36. The van der Waals surface area contributed by atoms with Crippen LogP contribution in [0.5, 0.6) is 0 Å². The largest absolute Gasteiger partial charge is 0.480 e. The number of carboxylic acids is 1. The lowest BCUT2D eigenvalue weighted by Gasteiger charge is -2.27. The molecule has 3 amide bonds. The fourth-order valence-electron chi connectivity index (χ4n) is 1.58. The van der Waals surface area contributed by atoms with E-state index in [0.717, 1.165) is 0 Å². The van der Waals surface area contributed by atoms with Gasteiger partial charge in [-0.1, -0.05) is 0 Å². The van der Waals surface area contributed by atoms with E-state index in [0.29, 0.717) is 13.0 Å². The van der Waals surface area contributed by atoms with Crippen LogP contribution in [0.4, 0.5) is 4.79 Å². The summed E-state index contributed by atoms with van der Waals surface area (Å²) >= 11 is 0. The van der Waals surface area contributed by atoms with E-state index >= 15 is 0 Å². The molecule has 20 heavy (non-hydrogen) atoms. The van der Waals surface area contributed by atoms with E-state index in [1.807, 2.05) is 0 Å². The van der Waals surface area contributed by atoms with Crippen molar-refractivity contribution in [3.05, 3.63) is 0 Å². The van der Waals surface area contributed by atoms with Crippen molar-refractivity contribution >= 4 is 17.9 Å². The highest BCUT2D eigenvalue weighted by Gasteiger charge is 2.25. The second-order valence-electron chi connectivity index (χ2n) is 4.66. The maximum atomic E-state index is 12.0. The maximum Gasteiger partial charge on any atom is 0.326 e. The Hall–Kier alpha value is -1.83. The van der Waals surface area contributed by atoms with Crippen molar-refractivity contribution in [1.82, 2.24) is 10.2 Å². The number of carbonyl (C=O) groups excluding carboxylic acids is 2. The number of aliphatic carboxylic acids is 1. The molecule has 4 N–H and O–H groups in total. The molecule has 8 nitrogen and oxygen atoms in total. The number of nitrogens with one attached hydrogen (secondary N) is 1. The summed E-state index contributed by atoms with van der Waals surface area (Å²) in [7, 11) is 1.52. The van der Waals surface area contributed by atoms with Gasteiger partial charge < -0.3 is 25.8 Å². The van der Waals surface area contributed by atoms with Crippen LogP contribution in [0.3, 0.4) is 0 Å². The van der Waals surface area contributed by atoms with Crippen LogP contribution in [0.25, 0.3) is 0 Å². The maximum absolute atomic E-state index is 12.0. The summed E-state index contributed by atoms with van der Waals surface area (Å²) in [5.41, 5.74) is 5.06. The summed E-state index contributed by atoms with van der Waals surface area (Å²) in [5, 5.41) is 11.4. The minimum atomic E-state index is -1.13. The first kappa shape index (κ1) is 18.2. The van der Waals surface area contributed by atoms with Crippen LogP contribution in [0.15, 0.2) is 0 Å². The Kier molecular flexibility index (Phi) is 8.30. The number of nitrogens with zero attached hydrogens (tertiary/aromatic N) is 1. The molecule has 1 unspecified atom stereocenters. The number of methoxy groups -OCH3 is 1. The summed E-state index contributed by atoms with van der Waals surface area (Å²) in [6.45, 7) is 3.58. The zero-order valence-electron chi connectivity index (χ0n) is 12.1. The van der Waals surface area contributed by atoms with Crippen LogP contribution in [0.2, 0.25) is 0 Å². The summed E-state index contributed by atoms with van der Waals surface area (Å²) < 4.78 is 4.84. The van der Waals surface area contributed by atoms with Crippen LogP contribution in [-0.4, -0.2) is 60.3 Å². The van der Waals surface area contributed by atoms with Crippen molar-refractivity contribution in [2.75, 3.05) is 20.3 Å². The topological polar surface area (TPSA) is 122 Å². The minimum absolute atomic E-state index is 0.247. The van der Waals surface area contributed by atoms with Crippen LogP contribution >= 0.6 is 0 Å². The van der Waals surface area contributed by atoms with Crippen LogP contribution in [0.1, 0.15) is 26.7 Å². The number of amides is 3. The fraction of sp³-hybridized carbons (Fsp3) is 0.750. The number of rotatable bonds is 9. The molecule has 0 aliphatic carbocycles. The first-order chi connectivity index (χ1) is 9.29. The Morgan fingerprint density at radius 3 is 2.35 bits per heavy atom. The predicted molar refractivity (Wildman–Crippen MR) is 72.1 cm³/mol. The number of nitrogens with two attached hydrogens (primary N) is 1. The van der Waals surface area contributed by atoms with Gasteiger partial charge in [0.25, 0.3) is 0 Å². The molecule has 0 heterocycles. The van der Waals surface area contributed by atoms with E-state index in [-0.39, 0.29) is 19.0 Å². The lowest BCUT2D eigenvalue weighted by molar-refractivity contribution is -0.139. The SMILES string of the molecule is COCCCC(NC(=O)N(CC(N)=O)C(C)C)C(=O)O. The Labute approximate surface area is 118 Å². The molecule has 0 saturated carbocycles. The third kappa shape index (κ3) is 6.93. The van der Waals surface area contributed by atoms with Crippen LogP contribution < -0.4 is 11.1 Å². The third-order valence-electron chi connectivity index (χ3n) is 2.65. The van der Waals surface area contributed by atoms with Gasteiger partial charge in [0.1, 0.15) is 12.6 Å². The Bertz CT molecular complexity index is 346. The van der Waals surface area contributed by atoms with Gasteiger partial charge in [0.15, 0.2) is 0 Å². The number of ether oxygens (including phenoxy) is 1. The highest BCUT2D eigenvalue weighted by Crippen LogP contribution is 2.03. The second-order valence-corrected chi connectivity index (χ2v) is 4.66. The zero-order valence-corrected chi connectivity index (χ0v) is 12.1. The molecule has 0 aromatic rings. The predicted octanol–water partition coefficient (Wildman–Crippen LogP) is -0.228. The molecule has 8 heteroatoms. The molecular weight excluding hydrogens is 266 g/mol. The summed E-state index contributed by atoms with van der Waals surface area (Å²) in [6.07, 6.45) is 0.753. The van der Waals surface area contributed by atoms with Gasteiger partial charge in [-0.2, -0.15) is 0 Å². The molecule has 0 rings (SSSR count).